The number of methoxy groups -OCH3 is 1. The quantitative estimate of drug-likeness (QED) is 0.883. The van der Waals surface area contributed by atoms with Crippen LogP contribution >= 0.6 is 0 Å². The Balaban J connectivity index is 2.57. The van der Waals surface area contributed by atoms with Gasteiger partial charge in [0.05, 0.1) is 12.7 Å². The molecule has 1 N–H and O–H groups in total. The zero-order valence-electron chi connectivity index (χ0n) is 11.0. The molecule has 0 unspecified atom stereocenters. The number of benzene rings is 1. The van der Waals surface area contributed by atoms with E-state index in [1.165, 1.54) is 14.2 Å². The predicted octanol–water partition coefficient (Wildman–Crippen LogP) is 2.75. The molecule has 0 amide bonds. The lowest BCUT2D eigenvalue weighted by atomic mass is 10.1. The van der Waals surface area contributed by atoms with Gasteiger partial charge >= 0.3 is 12.2 Å². The van der Waals surface area contributed by atoms with Crippen molar-refractivity contribution >= 4 is 5.95 Å². The maximum atomic E-state index is 13.3. The number of alkyl halides is 3. The third-order valence-electron chi connectivity index (χ3n) is 2.55. The van der Waals surface area contributed by atoms with E-state index in [9.17, 15) is 17.6 Å². The molecule has 0 aliphatic carbocycles. The third-order valence-corrected chi connectivity index (χ3v) is 2.55. The first-order valence-corrected chi connectivity index (χ1v) is 5.70. The summed E-state index contributed by atoms with van der Waals surface area (Å²) in [5, 5.41) is 2.63. The molecule has 5 nitrogen and oxygen atoms in total. The van der Waals surface area contributed by atoms with E-state index in [-0.39, 0.29) is 23.3 Å². The Labute approximate surface area is 117 Å². The van der Waals surface area contributed by atoms with Crippen LogP contribution in [0.25, 0.3) is 11.4 Å². The molecule has 0 bridgehead atoms. The van der Waals surface area contributed by atoms with Crippen LogP contribution in [0.2, 0.25) is 0 Å². The van der Waals surface area contributed by atoms with Crippen molar-refractivity contribution in [1.82, 2.24) is 15.0 Å². The molecule has 0 aliphatic heterocycles. The van der Waals surface area contributed by atoms with Gasteiger partial charge in [0.15, 0.2) is 5.82 Å². The molecule has 0 fully saturated rings. The largest absolute Gasteiger partial charge is 0.467 e. The number of hydrogen-bond donors (Lipinski definition) is 1. The van der Waals surface area contributed by atoms with Crippen molar-refractivity contribution in [1.29, 1.82) is 0 Å². The van der Waals surface area contributed by atoms with E-state index in [4.69, 9.17) is 4.74 Å². The Morgan fingerprint density at radius 3 is 2.43 bits per heavy atom. The summed E-state index contributed by atoms with van der Waals surface area (Å²) in [5.74, 6) is -1.30. The van der Waals surface area contributed by atoms with Crippen LogP contribution in [0.4, 0.5) is 23.5 Å². The highest BCUT2D eigenvalue weighted by molar-refractivity contribution is 5.58. The zero-order valence-corrected chi connectivity index (χ0v) is 11.0. The topological polar surface area (TPSA) is 59.9 Å². The van der Waals surface area contributed by atoms with Gasteiger partial charge in [0.2, 0.25) is 5.95 Å². The lowest BCUT2D eigenvalue weighted by Gasteiger charge is -2.10. The summed E-state index contributed by atoms with van der Waals surface area (Å²) in [5.41, 5.74) is -1.38. The van der Waals surface area contributed by atoms with Crippen LogP contribution in [0, 0.1) is 5.82 Å². The second kappa shape index (κ2) is 5.51. The van der Waals surface area contributed by atoms with Crippen molar-refractivity contribution in [3.63, 3.8) is 0 Å². The number of hydrogen-bond acceptors (Lipinski definition) is 5. The van der Waals surface area contributed by atoms with Gasteiger partial charge in [-0.1, -0.05) is 0 Å². The van der Waals surface area contributed by atoms with E-state index in [0.717, 1.165) is 6.07 Å². The number of rotatable bonds is 3. The van der Waals surface area contributed by atoms with Gasteiger partial charge < -0.3 is 10.1 Å². The van der Waals surface area contributed by atoms with Crippen LogP contribution in [-0.2, 0) is 6.18 Å². The highest BCUT2D eigenvalue weighted by atomic mass is 19.4. The molecule has 2 aromatic rings. The lowest BCUT2D eigenvalue weighted by molar-refractivity contribution is -0.139. The average Bonchev–Trinajstić information content (AvgIpc) is 2.45. The minimum Gasteiger partial charge on any atom is -0.467 e. The average molecular weight is 302 g/mol. The van der Waals surface area contributed by atoms with E-state index in [1.807, 2.05) is 0 Å². The molecule has 21 heavy (non-hydrogen) atoms. The van der Waals surface area contributed by atoms with Gasteiger partial charge in [-0.3, -0.25) is 0 Å². The summed E-state index contributed by atoms with van der Waals surface area (Å²) >= 11 is 0. The van der Waals surface area contributed by atoms with Crippen LogP contribution in [0.15, 0.2) is 18.2 Å². The van der Waals surface area contributed by atoms with E-state index < -0.39 is 17.6 Å². The minimum atomic E-state index is -4.80. The van der Waals surface area contributed by atoms with E-state index >= 15 is 0 Å². The second-order valence-electron chi connectivity index (χ2n) is 3.91. The minimum absolute atomic E-state index is 0.000856. The first-order valence-electron chi connectivity index (χ1n) is 5.70. The highest BCUT2D eigenvalue weighted by Crippen LogP contribution is 2.33. The molecule has 2 rings (SSSR count). The van der Waals surface area contributed by atoms with Crippen LogP contribution in [-0.4, -0.2) is 29.1 Å². The molecule has 0 atom stereocenters. The molecule has 1 heterocycles. The van der Waals surface area contributed by atoms with E-state index in [2.05, 4.69) is 20.3 Å². The molecule has 1 aromatic heterocycles. The molecule has 112 valence electrons. The van der Waals surface area contributed by atoms with E-state index in [1.54, 1.807) is 0 Å². The summed E-state index contributed by atoms with van der Waals surface area (Å²) in [4.78, 5) is 11.6. The monoisotopic (exact) mass is 302 g/mol. The fourth-order valence-corrected chi connectivity index (χ4v) is 1.57. The van der Waals surface area contributed by atoms with Gasteiger partial charge in [-0.15, -0.1) is 0 Å². The molecule has 0 aliphatic rings. The number of ether oxygens (including phenoxy) is 1. The van der Waals surface area contributed by atoms with Crippen molar-refractivity contribution in [3.05, 3.63) is 29.6 Å². The van der Waals surface area contributed by atoms with Gasteiger partial charge in [0.1, 0.15) is 5.82 Å². The van der Waals surface area contributed by atoms with Crippen LogP contribution < -0.4 is 10.1 Å². The van der Waals surface area contributed by atoms with Crippen molar-refractivity contribution < 1.29 is 22.3 Å². The molecular formula is C12H10F4N4O. The Morgan fingerprint density at radius 2 is 1.86 bits per heavy atom. The highest BCUT2D eigenvalue weighted by Gasteiger charge is 2.34. The lowest BCUT2D eigenvalue weighted by Crippen LogP contribution is -2.09. The first kappa shape index (κ1) is 14.9. The van der Waals surface area contributed by atoms with Crippen LogP contribution in [0.3, 0.4) is 0 Å². The summed E-state index contributed by atoms with van der Waals surface area (Å²) < 4.78 is 56.2. The van der Waals surface area contributed by atoms with Crippen molar-refractivity contribution in [2.75, 3.05) is 19.5 Å². The molecule has 0 radical (unpaired) electrons. The predicted molar refractivity (Wildman–Crippen MR) is 66.3 cm³/mol. The maximum absolute atomic E-state index is 13.3. The molecule has 9 heteroatoms. The van der Waals surface area contributed by atoms with E-state index in [0.29, 0.717) is 12.1 Å². The molecule has 0 saturated carbocycles. The van der Waals surface area contributed by atoms with Gasteiger partial charge in [-0.2, -0.15) is 28.1 Å². The summed E-state index contributed by atoms with van der Waals surface area (Å²) in [7, 11) is 2.84. The number of halogens is 4. The summed E-state index contributed by atoms with van der Waals surface area (Å²) in [6.45, 7) is 0. The number of anilines is 1. The summed E-state index contributed by atoms with van der Waals surface area (Å²) in [6.07, 6.45) is -4.80. The normalized spacial score (nSPS) is 11.3. The zero-order chi connectivity index (χ0) is 15.6. The van der Waals surface area contributed by atoms with Gasteiger partial charge in [0.25, 0.3) is 0 Å². The van der Waals surface area contributed by atoms with Crippen LogP contribution in [0.1, 0.15) is 5.56 Å². The fraction of sp³-hybridized carbons (Fsp3) is 0.250. The van der Waals surface area contributed by atoms with Gasteiger partial charge in [0, 0.05) is 12.6 Å². The Bertz CT molecular complexity index is 638. The first-order chi connectivity index (χ1) is 9.85. The molecule has 0 spiro atoms. The molecule has 1 aromatic carbocycles. The standard InChI is InChI=1S/C12H10F4N4O/c1-17-10-18-9(19-11(20-10)21-2)6-3-4-8(13)7(5-6)12(14,15)16/h3-5H,1-2H3,(H,17,18,19,20). The molecule has 0 saturated heterocycles. The Morgan fingerprint density at radius 1 is 1.14 bits per heavy atom. The fourth-order valence-electron chi connectivity index (χ4n) is 1.57. The van der Waals surface area contributed by atoms with Crippen molar-refractivity contribution in [2.24, 2.45) is 0 Å². The number of nitrogens with one attached hydrogen (secondary N) is 1. The smallest absolute Gasteiger partial charge is 0.419 e. The number of aromatic nitrogens is 3. The van der Waals surface area contributed by atoms with Gasteiger partial charge in [-0.05, 0) is 18.2 Å². The van der Waals surface area contributed by atoms with Crippen molar-refractivity contribution in [2.45, 2.75) is 6.18 Å². The third kappa shape index (κ3) is 3.18. The van der Waals surface area contributed by atoms with Crippen LogP contribution in [0.5, 0.6) is 6.01 Å². The Hall–Kier alpha value is -2.45. The van der Waals surface area contributed by atoms with Gasteiger partial charge in [-0.25, -0.2) is 4.39 Å². The van der Waals surface area contributed by atoms with Crippen molar-refractivity contribution in [3.8, 4) is 17.4 Å². The Kier molecular flexibility index (Phi) is 3.92. The maximum Gasteiger partial charge on any atom is 0.419 e. The SMILES string of the molecule is CNc1nc(OC)nc(-c2ccc(F)c(C(F)(F)F)c2)n1. The molecular weight excluding hydrogens is 292 g/mol. The number of nitrogens with zero attached hydrogens (tertiary/aromatic N) is 3. The summed E-state index contributed by atoms with van der Waals surface area (Å²) in [6, 6.07) is 2.44. The second-order valence-corrected chi connectivity index (χ2v) is 3.91.